The zero-order valence-corrected chi connectivity index (χ0v) is 16.7. The summed E-state index contributed by atoms with van der Waals surface area (Å²) in [5, 5.41) is 9.49. The number of fused-ring (bicyclic) bond motifs is 2. The Morgan fingerprint density at radius 3 is 2.81 bits per heavy atom. The molecule has 2 N–H and O–H groups in total. The van der Waals surface area contributed by atoms with Gasteiger partial charge in [-0.05, 0) is 56.0 Å². The van der Waals surface area contributed by atoms with E-state index in [0.29, 0.717) is 11.2 Å². The fourth-order valence-corrected chi connectivity index (χ4v) is 4.58. The molecule has 0 amide bonds. The summed E-state index contributed by atoms with van der Waals surface area (Å²) in [5.41, 5.74) is 3.35. The Labute approximate surface area is 165 Å². The number of benzene rings is 1. The summed E-state index contributed by atoms with van der Waals surface area (Å²) in [4.78, 5) is 9.28. The predicted octanol–water partition coefficient (Wildman–Crippen LogP) is 5.94. The van der Waals surface area contributed by atoms with E-state index in [-0.39, 0.29) is 5.82 Å². The highest BCUT2D eigenvalue weighted by Gasteiger charge is 2.11. The molecule has 1 fully saturated rings. The van der Waals surface area contributed by atoms with Crippen molar-refractivity contribution >= 4 is 54.5 Å². The van der Waals surface area contributed by atoms with E-state index in [1.54, 1.807) is 29.1 Å². The summed E-state index contributed by atoms with van der Waals surface area (Å²) in [6, 6.07) is 8.24. The average molecular weight is 401 g/mol. The molecule has 0 saturated carbocycles. The fourth-order valence-electron chi connectivity index (χ4n) is 3.15. The third kappa shape index (κ3) is 4.10. The van der Waals surface area contributed by atoms with Crippen LogP contribution in [0.2, 0.25) is 0 Å². The van der Waals surface area contributed by atoms with Gasteiger partial charge in [0, 0.05) is 17.6 Å². The maximum absolute atomic E-state index is 14.4. The number of aromatic nitrogens is 2. The van der Waals surface area contributed by atoms with Gasteiger partial charge in [-0.2, -0.15) is 0 Å². The van der Waals surface area contributed by atoms with Crippen molar-refractivity contribution in [2.24, 2.45) is 0 Å². The molecule has 27 heavy (non-hydrogen) atoms. The van der Waals surface area contributed by atoms with Gasteiger partial charge < -0.3 is 10.6 Å². The van der Waals surface area contributed by atoms with Gasteiger partial charge in [-0.3, -0.25) is 0 Å². The van der Waals surface area contributed by atoms with Crippen molar-refractivity contribution in [1.82, 2.24) is 15.3 Å². The maximum atomic E-state index is 14.4. The number of rotatable bonds is 2. The number of thiazole rings is 1. The van der Waals surface area contributed by atoms with Crippen LogP contribution in [0.4, 0.5) is 15.8 Å². The molecule has 1 aliphatic heterocycles. The highest BCUT2D eigenvalue weighted by molar-refractivity contribution is 7.17. The summed E-state index contributed by atoms with van der Waals surface area (Å²) in [7, 11) is 0. The largest absolute Gasteiger partial charge is 0.352 e. The molecule has 7 heteroatoms. The van der Waals surface area contributed by atoms with Crippen LogP contribution in [0.25, 0.3) is 20.4 Å². The van der Waals surface area contributed by atoms with Crippen LogP contribution >= 0.6 is 22.7 Å². The summed E-state index contributed by atoms with van der Waals surface area (Å²) >= 11 is 3.00. The highest BCUT2D eigenvalue weighted by Crippen LogP contribution is 2.32. The number of thiophene rings is 1. The van der Waals surface area contributed by atoms with Gasteiger partial charge in [0.05, 0.1) is 21.6 Å². The molecule has 140 valence electrons. The average Bonchev–Trinajstić information content (AvgIpc) is 3.35. The number of hydrogen-bond donors (Lipinski definition) is 2. The van der Waals surface area contributed by atoms with Crippen LogP contribution in [0, 0.1) is 5.82 Å². The van der Waals surface area contributed by atoms with Gasteiger partial charge in [-0.15, -0.1) is 22.7 Å². The van der Waals surface area contributed by atoms with Crippen molar-refractivity contribution in [3.05, 3.63) is 47.2 Å². The van der Waals surface area contributed by atoms with E-state index in [2.05, 4.69) is 27.5 Å². The minimum Gasteiger partial charge on any atom is -0.352 e. The number of nitrogens with zero attached hydrogens (tertiary/aromatic N) is 2. The molecule has 4 heterocycles. The molecule has 1 aliphatic rings. The van der Waals surface area contributed by atoms with Crippen LogP contribution in [0.15, 0.2) is 41.4 Å². The van der Waals surface area contributed by atoms with Crippen LogP contribution in [0.1, 0.15) is 26.2 Å². The van der Waals surface area contributed by atoms with E-state index >= 15 is 0 Å². The smallest absolute Gasteiger partial charge is 0.173 e. The lowest BCUT2D eigenvalue weighted by atomic mass is 10.1. The van der Waals surface area contributed by atoms with Crippen molar-refractivity contribution in [2.45, 2.75) is 32.2 Å². The molecule has 3 aromatic heterocycles. The molecule has 0 aliphatic carbocycles. The van der Waals surface area contributed by atoms with E-state index in [1.807, 2.05) is 23.6 Å². The van der Waals surface area contributed by atoms with Gasteiger partial charge >= 0.3 is 0 Å². The lowest BCUT2D eigenvalue weighted by Crippen LogP contribution is -2.30. The number of nitrogens with one attached hydrogen (secondary N) is 2. The quantitative estimate of drug-likeness (QED) is 0.437. The van der Waals surface area contributed by atoms with Crippen LogP contribution in [0.3, 0.4) is 0 Å². The summed E-state index contributed by atoms with van der Waals surface area (Å²) in [5.74, 6) is -0.316. The normalized spacial score (nSPS) is 16.9. The van der Waals surface area contributed by atoms with Gasteiger partial charge in [0.15, 0.2) is 5.82 Å². The summed E-state index contributed by atoms with van der Waals surface area (Å²) < 4.78 is 15.2. The first-order valence-corrected chi connectivity index (χ1v) is 10.8. The molecular formula is C20H21FN4S2. The SMILES string of the molecule is CC1CCCCN1.Fc1c(Nc2ccnc3sccc23)ccc2scnc12. The summed E-state index contributed by atoms with van der Waals surface area (Å²) in [6.45, 7) is 3.49. The lowest BCUT2D eigenvalue weighted by Gasteiger charge is -2.18. The first-order valence-electron chi connectivity index (χ1n) is 9.06. The second-order valence-electron chi connectivity index (χ2n) is 6.60. The monoisotopic (exact) mass is 400 g/mol. The highest BCUT2D eigenvalue weighted by atomic mass is 32.1. The second kappa shape index (κ2) is 8.29. The van der Waals surface area contributed by atoms with Crippen molar-refractivity contribution < 1.29 is 4.39 Å². The molecular weight excluding hydrogens is 379 g/mol. The number of hydrogen-bond acceptors (Lipinski definition) is 6. The van der Waals surface area contributed by atoms with Crippen LogP contribution in [0.5, 0.6) is 0 Å². The molecule has 0 spiro atoms. The molecule has 1 saturated heterocycles. The minimum absolute atomic E-state index is 0.316. The summed E-state index contributed by atoms with van der Waals surface area (Å²) in [6.07, 6.45) is 5.90. The first kappa shape index (κ1) is 18.3. The van der Waals surface area contributed by atoms with E-state index in [4.69, 9.17) is 0 Å². The Balaban J connectivity index is 0.000000218. The standard InChI is InChI=1S/C14H8FN3S2.C6H13N/c15-12-10(1-2-11-13(12)17-7-20-11)18-9-3-5-16-14-8(9)4-6-19-14;1-6-4-2-3-5-7-6/h1-7H,(H,16,18);6-7H,2-5H2,1H3. The molecule has 0 bridgehead atoms. The third-order valence-electron chi connectivity index (χ3n) is 4.63. The molecule has 1 atom stereocenters. The van der Waals surface area contributed by atoms with E-state index in [1.165, 1.54) is 37.1 Å². The van der Waals surface area contributed by atoms with Gasteiger partial charge in [-0.25, -0.2) is 14.4 Å². The third-order valence-corrected chi connectivity index (χ3v) is 6.25. The van der Waals surface area contributed by atoms with Gasteiger partial charge in [0.2, 0.25) is 0 Å². The van der Waals surface area contributed by atoms with E-state index < -0.39 is 0 Å². The number of anilines is 2. The van der Waals surface area contributed by atoms with E-state index in [0.717, 1.165) is 26.6 Å². The number of halogens is 1. The molecule has 1 unspecified atom stereocenters. The van der Waals surface area contributed by atoms with Crippen molar-refractivity contribution in [3.63, 3.8) is 0 Å². The lowest BCUT2D eigenvalue weighted by molar-refractivity contribution is 0.425. The second-order valence-corrected chi connectivity index (χ2v) is 8.38. The van der Waals surface area contributed by atoms with Gasteiger partial charge in [0.25, 0.3) is 0 Å². The maximum Gasteiger partial charge on any atom is 0.173 e. The number of pyridine rings is 1. The van der Waals surface area contributed by atoms with Gasteiger partial charge in [0.1, 0.15) is 10.3 Å². The molecule has 4 aromatic rings. The zero-order chi connectivity index (χ0) is 18.6. The Bertz CT molecular complexity index is 1040. The predicted molar refractivity (Wildman–Crippen MR) is 114 cm³/mol. The zero-order valence-electron chi connectivity index (χ0n) is 15.0. The first-order chi connectivity index (χ1) is 13.2. The molecule has 5 rings (SSSR count). The Kier molecular flexibility index (Phi) is 5.61. The van der Waals surface area contributed by atoms with Crippen LogP contribution < -0.4 is 10.6 Å². The fraction of sp³-hybridized carbons (Fsp3) is 0.300. The molecule has 1 aromatic carbocycles. The Hall–Kier alpha value is -2.09. The Morgan fingerprint density at radius 2 is 2.04 bits per heavy atom. The van der Waals surface area contributed by atoms with Gasteiger partial charge in [-0.1, -0.05) is 6.42 Å². The van der Waals surface area contributed by atoms with Crippen molar-refractivity contribution in [3.8, 4) is 0 Å². The van der Waals surface area contributed by atoms with Crippen LogP contribution in [-0.2, 0) is 0 Å². The van der Waals surface area contributed by atoms with Crippen molar-refractivity contribution in [1.29, 1.82) is 0 Å². The molecule has 4 nitrogen and oxygen atoms in total. The van der Waals surface area contributed by atoms with Crippen LogP contribution in [-0.4, -0.2) is 22.6 Å². The Morgan fingerprint density at radius 1 is 1.11 bits per heavy atom. The number of piperidine rings is 1. The minimum atomic E-state index is -0.316. The van der Waals surface area contributed by atoms with Crippen molar-refractivity contribution in [2.75, 3.05) is 11.9 Å². The van der Waals surface area contributed by atoms with E-state index in [9.17, 15) is 4.39 Å². The topological polar surface area (TPSA) is 49.8 Å². The molecule has 0 radical (unpaired) electrons.